The van der Waals surface area contributed by atoms with Crippen molar-refractivity contribution in [3.8, 4) is 22.8 Å². The Kier molecular flexibility index (Phi) is 8.67. The van der Waals surface area contributed by atoms with Gasteiger partial charge in [0, 0.05) is 34.7 Å². The Hall–Kier alpha value is -3.35. The maximum absolute atomic E-state index is 15.2. The van der Waals surface area contributed by atoms with Gasteiger partial charge in [-0.2, -0.15) is 0 Å². The fourth-order valence-electron chi connectivity index (χ4n) is 3.95. The third-order valence-electron chi connectivity index (χ3n) is 6.01. The predicted octanol–water partition coefficient (Wildman–Crippen LogP) is 5.10. The Balaban J connectivity index is 1.51. The van der Waals surface area contributed by atoms with Crippen molar-refractivity contribution in [3.63, 3.8) is 0 Å². The number of nitrogens with one attached hydrogen (secondary N) is 1. The molecule has 1 saturated heterocycles. The van der Waals surface area contributed by atoms with E-state index in [1.54, 1.807) is 6.92 Å². The number of carbonyl (C=O) groups excluding carboxylic acids is 2. The average Bonchev–Trinajstić information content (AvgIpc) is 3.34. The molecule has 1 amide bonds. The van der Waals surface area contributed by atoms with Crippen LogP contribution in [0.3, 0.4) is 0 Å². The molecule has 39 heavy (non-hydrogen) atoms. The van der Waals surface area contributed by atoms with Crippen LogP contribution in [0.1, 0.15) is 35.5 Å². The van der Waals surface area contributed by atoms with Crippen molar-refractivity contribution in [3.05, 3.63) is 57.8 Å². The summed E-state index contributed by atoms with van der Waals surface area (Å²) in [5, 5.41) is 6.32. The SMILES string of the molecule is COc1cc(C(=O)NC2(C(=O)C[C@H](C)c3ncc(-c4cc(Cl)cc(Cl)c4OCC(F)F)cc3F)COC2)on1. The van der Waals surface area contributed by atoms with Gasteiger partial charge in [-0.25, -0.2) is 13.2 Å². The third kappa shape index (κ3) is 6.29. The first-order valence-electron chi connectivity index (χ1n) is 11.5. The lowest BCUT2D eigenvalue weighted by Gasteiger charge is -2.40. The van der Waals surface area contributed by atoms with Crippen molar-refractivity contribution in [1.29, 1.82) is 0 Å². The Morgan fingerprint density at radius 3 is 2.54 bits per heavy atom. The van der Waals surface area contributed by atoms with Crippen LogP contribution in [0, 0.1) is 5.82 Å². The largest absolute Gasteiger partial charge is 0.485 e. The van der Waals surface area contributed by atoms with Gasteiger partial charge in [0.25, 0.3) is 18.2 Å². The van der Waals surface area contributed by atoms with E-state index in [0.717, 1.165) is 6.07 Å². The molecule has 0 aliphatic carbocycles. The molecule has 208 valence electrons. The third-order valence-corrected chi connectivity index (χ3v) is 6.50. The molecule has 3 aromatic rings. The molecule has 1 aromatic carbocycles. The molecule has 9 nitrogen and oxygen atoms in total. The summed E-state index contributed by atoms with van der Waals surface area (Å²) in [6.45, 7) is 0.545. The summed E-state index contributed by atoms with van der Waals surface area (Å²) in [4.78, 5) is 29.9. The molecule has 1 fully saturated rings. The molecule has 0 bridgehead atoms. The number of hydrogen-bond acceptors (Lipinski definition) is 8. The number of aromatic nitrogens is 2. The number of Topliss-reactive ketones (excluding diaryl/α,β-unsaturated/α-hetero) is 1. The van der Waals surface area contributed by atoms with Gasteiger partial charge in [-0.15, -0.1) is 0 Å². The molecule has 1 N–H and O–H groups in total. The van der Waals surface area contributed by atoms with Crippen molar-refractivity contribution in [1.82, 2.24) is 15.5 Å². The van der Waals surface area contributed by atoms with E-state index in [1.807, 2.05) is 0 Å². The zero-order valence-corrected chi connectivity index (χ0v) is 22.1. The Labute approximate surface area is 230 Å². The molecule has 1 atom stereocenters. The van der Waals surface area contributed by atoms with Crippen LogP contribution in [-0.4, -0.2) is 60.7 Å². The summed E-state index contributed by atoms with van der Waals surface area (Å²) in [6, 6.07) is 5.11. The number of methoxy groups -OCH3 is 1. The molecule has 0 unspecified atom stereocenters. The molecule has 4 rings (SSSR count). The molecular formula is C25H22Cl2F3N3O6. The molecule has 2 aromatic heterocycles. The normalized spacial score (nSPS) is 15.0. The number of pyridine rings is 1. The van der Waals surface area contributed by atoms with Crippen LogP contribution in [0.25, 0.3) is 11.1 Å². The van der Waals surface area contributed by atoms with Crippen LogP contribution in [0.2, 0.25) is 10.0 Å². The van der Waals surface area contributed by atoms with E-state index >= 15 is 4.39 Å². The van der Waals surface area contributed by atoms with Gasteiger partial charge in [0.15, 0.2) is 5.78 Å². The van der Waals surface area contributed by atoms with E-state index in [9.17, 15) is 18.4 Å². The molecule has 0 spiro atoms. The van der Waals surface area contributed by atoms with E-state index in [1.165, 1.54) is 31.5 Å². The van der Waals surface area contributed by atoms with Crippen molar-refractivity contribution < 1.29 is 41.5 Å². The van der Waals surface area contributed by atoms with E-state index in [0.29, 0.717) is 0 Å². The molecule has 14 heteroatoms. The van der Waals surface area contributed by atoms with Gasteiger partial charge in [-0.1, -0.05) is 30.1 Å². The molecule has 1 aliphatic heterocycles. The minimum absolute atomic E-state index is 0.0167. The topological polar surface area (TPSA) is 113 Å². The number of carbonyl (C=O) groups is 2. The van der Waals surface area contributed by atoms with E-state index < -0.39 is 42.0 Å². The zero-order chi connectivity index (χ0) is 28.3. The lowest BCUT2D eigenvalue weighted by molar-refractivity contribution is -0.144. The molecule has 0 radical (unpaired) electrons. The van der Waals surface area contributed by atoms with Crippen LogP contribution in [-0.2, 0) is 9.53 Å². The van der Waals surface area contributed by atoms with Crippen molar-refractivity contribution in [2.24, 2.45) is 0 Å². The van der Waals surface area contributed by atoms with Crippen LogP contribution in [0.15, 0.2) is 35.0 Å². The minimum atomic E-state index is -2.76. The number of benzene rings is 1. The summed E-state index contributed by atoms with van der Waals surface area (Å²) in [5.41, 5.74) is -0.984. The second kappa shape index (κ2) is 11.8. The fraction of sp³-hybridized carbons (Fsp3) is 0.360. The van der Waals surface area contributed by atoms with Crippen molar-refractivity contribution in [2.75, 3.05) is 26.9 Å². The van der Waals surface area contributed by atoms with Gasteiger partial charge in [0.2, 0.25) is 5.76 Å². The first-order chi connectivity index (χ1) is 18.5. The molecule has 0 saturated carbocycles. The highest BCUT2D eigenvalue weighted by Gasteiger charge is 2.47. The molecule has 1 aliphatic rings. The first kappa shape index (κ1) is 28.7. The Bertz CT molecular complexity index is 1380. The maximum atomic E-state index is 15.2. The van der Waals surface area contributed by atoms with Gasteiger partial charge in [-0.05, 0) is 23.4 Å². The number of rotatable bonds is 11. The highest BCUT2D eigenvalue weighted by Crippen LogP contribution is 2.40. The minimum Gasteiger partial charge on any atom is -0.485 e. The van der Waals surface area contributed by atoms with Crippen molar-refractivity contribution in [2.45, 2.75) is 31.2 Å². The number of ether oxygens (including phenoxy) is 3. The number of amides is 1. The summed E-state index contributed by atoms with van der Waals surface area (Å²) < 4.78 is 60.8. The maximum Gasteiger partial charge on any atom is 0.290 e. The summed E-state index contributed by atoms with van der Waals surface area (Å²) in [6.07, 6.45) is -1.62. The van der Waals surface area contributed by atoms with Gasteiger partial charge in [0.05, 0.1) is 37.1 Å². The lowest BCUT2D eigenvalue weighted by Crippen LogP contribution is -2.67. The smallest absolute Gasteiger partial charge is 0.290 e. The van der Waals surface area contributed by atoms with Crippen LogP contribution in [0.5, 0.6) is 11.6 Å². The van der Waals surface area contributed by atoms with Gasteiger partial charge >= 0.3 is 0 Å². The molecule has 3 heterocycles. The summed E-state index contributed by atoms with van der Waals surface area (Å²) in [7, 11) is 1.36. The van der Waals surface area contributed by atoms with Crippen LogP contribution < -0.4 is 14.8 Å². The predicted molar refractivity (Wildman–Crippen MR) is 133 cm³/mol. The second-order valence-electron chi connectivity index (χ2n) is 8.85. The Morgan fingerprint density at radius 2 is 1.95 bits per heavy atom. The number of hydrogen-bond donors (Lipinski definition) is 1. The highest BCUT2D eigenvalue weighted by molar-refractivity contribution is 6.36. The van der Waals surface area contributed by atoms with Crippen LogP contribution in [0.4, 0.5) is 13.2 Å². The van der Waals surface area contributed by atoms with Gasteiger partial charge in [-0.3, -0.25) is 14.6 Å². The average molecular weight is 588 g/mol. The zero-order valence-electron chi connectivity index (χ0n) is 20.6. The number of nitrogens with zero attached hydrogens (tertiary/aromatic N) is 2. The lowest BCUT2D eigenvalue weighted by atomic mass is 9.85. The fourth-order valence-corrected chi connectivity index (χ4v) is 4.49. The second-order valence-corrected chi connectivity index (χ2v) is 9.69. The Morgan fingerprint density at radius 1 is 1.21 bits per heavy atom. The van der Waals surface area contributed by atoms with E-state index in [2.05, 4.69) is 15.5 Å². The quantitative estimate of drug-likeness (QED) is 0.330. The summed E-state index contributed by atoms with van der Waals surface area (Å²) in [5.74, 6) is -2.67. The highest BCUT2D eigenvalue weighted by atomic mass is 35.5. The first-order valence-corrected chi connectivity index (χ1v) is 12.3. The van der Waals surface area contributed by atoms with E-state index in [-0.39, 0.29) is 63.9 Å². The monoisotopic (exact) mass is 587 g/mol. The van der Waals surface area contributed by atoms with Crippen molar-refractivity contribution >= 4 is 34.9 Å². The number of alkyl halides is 2. The van der Waals surface area contributed by atoms with Crippen LogP contribution >= 0.6 is 23.2 Å². The molecular weight excluding hydrogens is 566 g/mol. The van der Waals surface area contributed by atoms with Gasteiger partial charge < -0.3 is 24.1 Å². The standard InChI is InChI=1S/C25H22Cl2F3N3O6/c1-12(3-19(34)25(10-37-11-25)32-24(35)18-7-21(36-2)33-39-18)22-17(28)4-13(8-31-22)15-5-14(26)6-16(27)23(15)38-9-20(29)30/h4-8,12,20H,3,9-11H2,1-2H3,(H,32,35)/t12-/m0/s1. The van der Waals surface area contributed by atoms with Gasteiger partial charge in [0.1, 0.15) is 23.7 Å². The number of ketones is 1. The summed E-state index contributed by atoms with van der Waals surface area (Å²) >= 11 is 12.2. The van der Waals surface area contributed by atoms with E-state index in [4.69, 9.17) is 41.9 Å². The number of halogens is 5.